The Morgan fingerprint density at radius 1 is 1.02 bits per heavy atom. The molecule has 2 aromatic carbocycles. The van der Waals surface area contributed by atoms with Crippen molar-refractivity contribution in [1.82, 2.24) is 24.2 Å². The van der Waals surface area contributed by atoms with Gasteiger partial charge in [0.1, 0.15) is 5.75 Å². The first-order valence-corrected chi connectivity index (χ1v) is 13.1. The van der Waals surface area contributed by atoms with Gasteiger partial charge in [-0.25, -0.2) is 9.97 Å². The maximum absolute atomic E-state index is 13.3. The average Bonchev–Trinajstić information content (AvgIpc) is 3.37. The molecule has 1 aliphatic heterocycles. The number of imidazole rings is 1. The standard InChI is InChI=1S/C29H31F2N7O3/c1-18-16-20(6-9-22(18)26(39)36-12-14-37(15-13-36)27(40)29(2,3)32)35-24-25-34-17-23(38(25)11-10-33-24)19-4-7-21(8-5-19)41-28(30)31/h4-11,16-17,28H,12-15,32H2,1-3H3,(H,33,35). The molecule has 1 fully saturated rings. The third-order valence-corrected chi connectivity index (χ3v) is 6.93. The molecule has 3 N–H and O–H groups in total. The van der Waals surface area contributed by atoms with Gasteiger partial charge in [-0.3, -0.25) is 14.0 Å². The molecule has 0 radical (unpaired) electrons. The number of nitrogens with one attached hydrogen (secondary N) is 1. The Hall–Kier alpha value is -4.58. The number of piperazine rings is 1. The number of aryl methyl sites for hydroxylation is 1. The van der Waals surface area contributed by atoms with E-state index in [0.717, 1.165) is 22.5 Å². The van der Waals surface area contributed by atoms with Crippen molar-refractivity contribution in [2.75, 3.05) is 31.5 Å². The lowest BCUT2D eigenvalue weighted by Gasteiger charge is -2.37. The summed E-state index contributed by atoms with van der Waals surface area (Å²) in [6.07, 6.45) is 5.08. The van der Waals surface area contributed by atoms with Crippen LogP contribution in [-0.4, -0.2) is 74.3 Å². The summed E-state index contributed by atoms with van der Waals surface area (Å²) in [4.78, 5) is 38.1. The smallest absolute Gasteiger partial charge is 0.387 e. The molecule has 1 aliphatic rings. The summed E-state index contributed by atoms with van der Waals surface area (Å²) < 4.78 is 31.2. The number of anilines is 2. The number of amides is 2. The number of aromatic nitrogens is 3. The van der Waals surface area contributed by atoms with Crippen LogP contribution < -0.4 is 15.8 Å². The second-order valence-electron chi connectivity index (χ2n) is 10.5. The zero-order valence-corrected chi connectivity index (χ0v) is 23.0. The fourth-order valence-corrected chi connectivity index (χ4v) is 4.84. The van der Waals surface area contributed by atoms with Crippen LogP contribution in [0.2, 0.25) is 0 Å². The number of hydrogen-bond acceptors (Lipinski definition) is 7. The summed E-state index contributed by atoms with van der Waals surface area (Å²) in [6.45, 7) is 4.12. The minimum Gasteiger partial charge on any atom is -0.435 e. The zero-order chi connectivity index (χ0) is 29.3. The molecule has 0 atom stereocenters. The van der Waals surface area contributed by atoms with Gasteiger partial charge in [0.2, 0.25) is 5.91 Å². The largest absolute Gasteiger partial charge is 0.435 e. The summed E-state index contributed by atoms with van der Waals surface area (Å²) in [5.41, 5.74) is 9.22. The van der Waals surface area contributed by atoms with Gasteiger partial charge in [0, 0.05) is 55.4 Å². The number of hydrogen-bond donors (Lipinski definition) is 2. The van der Waals surface area contributed by atoms with Crippen LogP contribution in [0.3, 0.4) is 0 Å². The van der Waals surface area contributed by atoms with Crippen LogP contribution in [0.4, 0.5) is 20.3 Å². The van der Waals surface area contributed by atoms with Crippen LogP contribution >= 0.6 is 0 Å². The highest BCUT2D eigenvalue weighted by molar-refractivity contribution is 5.96. The molecule has 3 heterocycles. The Morgan fingerprint density at radius 2 is 1.71 bits per heavy atom. The van der Waals surface area contributed by atoms with E-state index in [2.05, 4.69) is 20.0 Å². The number of carbonyl (C=O) groups excluding carboxylic acids is 2. The fraction of sp³-hybridized carbons (Fsp3) is 0.310. The maximum Gasteiger partial charge on any atom is 0.387 e. The minimum atomic E-state index is -2.89. The minimum absolute atomic E-state index is 0.0758. The normalized spacial score (nSPS) is 14.0. The fourth-order valence-electron chi connectivity index (χ4n) is 4.84. The van der Waals surface area contributed by atoms with Crippen molar-refractivity contribution in [1.29, 1.82) is 0 Å². The van der Waals surface area contributed by atoms with Crippen molar-refractivity contribution >= 4 is 29.0 Å². The Kier molecular flexibility index (Phi) is 7.59. The van der Waals surface area contributed by atoms with Crippen LogP contribution in [0.15, 0.2) is 61.1 Å². The van der Waals surface area contributed by atoms with Crippen molar-refractivity contribution in [3.05, 3.63) is 72.2 Å². The van der Waals surface area contributed by atoms with Crippen molar-refractivity contribution in [3.63, 3.8) is 0 Å². The topological polar surface area (TPSA) is 118 Å². The second-order valence-corrected chi connectivity index (χ2v) is 10.5. The van der Waals surface area contributed by atoms with Crippen LogP contribution in [0, 0.1) is 6.92 Å². The zero-order valence-electron chi connectivity index (χ0n) is 23.0. The van der Waals surface area contributed by atoms with E-state index < -0.39 is 12.2 Å². The number of benzene rings is 2. The van der Waals surface area contributed by atoms with E-state index in [0.29, 0.717) is 43.2 Å². The number of fused-ring (bicyclic) bond motifs is 1. The van der Waals surface area contributed by atoms with Crippen LogP contribution in [0.1, 0.15) is 29.8 Å². The predicted octanol–water partition coefficient (Wildman–Crippen LogP) is 4.07. The van der Waals surface area contributed by atoms with Crippen LogP contribution in [0.5, 0.6) is 5.75 Å². The summed E-state index contributed by atoms with van der Waals surface area (Å²) in [5, 5.41) is 3.28. The predicted molar refractivity (Wildman–Crippen MR) is 150 cm³/mol. The molecule has 41 heavy (non-hydrogen) atoms. The molecule has 0 saturated carbocycles. The first-order valence-electron chi connectivity index (χ1n) is 13.1. The van der Waals surface area contributed by atoms with E-state index >= 15 is 0 Å². The third kappa shape index (κ3) is 5.97. The number of alkyl halides is 2. The van der Waals surface area contributed by atoms with E-state index in [4.69, 9.17) is 5.73 Å². The second kappa shape index (κ2) is 11.1. The molecule has 0 spiro atoms. The highest BCUT2D eigenvalue weighted by Gasteiger charge is 2.31. The van der Waals surface area contributed by atoms with Gasteiger partial charge in [0.05, 0.1) is 17.4 Å². The number of nitrogens with zero attached hydrogens (tertiary/aromatic N) is 5. The SMILES string of the molecule is Cc1cc(Nc2nccn3c(-c4ccc(OC(F)F)cc4)cnc23)ccc1C(=O)N1CCN(C(=O)C(C)(C)N)CC1. The van der Waals surface area contributed by atoms with E-state index in [1.165, 1.54) is 12.1 Å². The molecule has 5 rings (SSSR count). The first kappa shape index (κ1) is 28.0. The molecule has 12 heteroatoms. The summed E-state index contributed by atoms with van der Waals surface area (Å²) >= 11 is 0. The molecule has 0 unspecified atom stereocenters. The summed E-state index contributed by atoms with van der Waals surface area (Å²) in [7, 11) is 0. The third-order valence-electron chi connectivity index (χ3n) is 6.93. The molecule has 4 aromatic rings. The highest BCUT2D eigenvalue weighted by Crippen LogP contribution is 2.28. The Labute approximate surface area is 235 Å². The monoisotopic (exact) mass is 563 g/mol. The highest BCUT2D eigenvalue weighted by atomic mass is 19.3. The quantitative estimate of drug-likeness (QED) is 0.348. The van der Waals surface area contributed by atoms with Gasteiger partial charge in [-0.1, -0.05) is 0 Å². The van der Waals surface area contributed by atoms with Crippen molar-refractivity contribution in [2.45, 2.75) is 32.9 Å². The number of halogens is 2. The number of nitrogens with two attached hydrogens (primary N) is 1. The van der Waals surface area contributed by atoms with Gasteiger partial charge >= 0.3 is 6.61 Å². The van der Waals surface area contributed by atoms with E-state index in [1.54, 1.807) is 60.4 Å². The molecule has 10 nitrogen and oxygen atoms in total. The Balaban J connectivity index is 1.29. The van der Waals surface area contributed by atoms with E-state index in [9.17, 15) is 18.4 Å². The van der Waals surface area contributed by atoms with Gasteiger partial charge in [0.15, 0.2) is 11.5 Å². The molecule has 0 bridgehead atoms. The number of carbonyl (C=O) groups is 2. The Morgan fingerprint density at radius 3 is 2.34 bits per heavy atom. The van der Waals surface area contributed by atoms with Gasteiger partial charge in [0.25, 0.3) is 5.91 Å². The summed E-state index contributed by atoms with van der Waals surface area (Å²) in [5.74, 6) is 0.378. The van der Waals surface area contributed by atoms with Crippen LogP contribution in [-0.2, 0) is 4.79 Å². The van der Waals surface area contributed by atoms with Gasteiger partial charge < -0.3 is 25.6 Å². The van der Waals surface area contributed by atoms with Crippen molar-refractivity contribution in [3.8, 4) is 17.0 Å². The molecule has 2 aromatic heterocycles. The lowest BCUT2D eigenvalue weighted by Crippen LogP contribution is -2.57. The first-order chi connectivity index (χ1) is 19.5. The maximum atomic E-state index is 13.3. The Bertz CT molecular complexity index is 1570. The van der Waals surface area contributed by atoms with E-state index in [1.807, 2.05) is 23.5 Å². The number of ether oxygens (including phenoxy) is 1. The molecular formula is C29H31F2N7O3. The van der Waals surface area contributed by atoms with Crippen LogP contribution in [0.25, 0.3) is 16.9 Å². The van der Waals surface area contributed by atoms with Crippen molar-refractivity contribution in [2.24, 2.45) is 5.73 Å². The number of rotatable bonds is 7. The molecule has 214 valence electrons. The molecular weight excluding hydrogens is 532 g/mol. The average molecular weight is 564 g/mol. The molecule has 2 amide bonds. The van der Waals surface area contributed by atoms with Gasteiger partial charge in [-0.05, 0) is 68.8 Å². The van der Waals surface area contributed by atoms with E-state index in [-0.39, 0.29) is 17.6 Å². The summed E-state index contributed by atoms with van der Waals surface area (Å²) in [6, 6.07) is 11.8. The lowest BCUT2D eigenvalue weighted by molar-refractivity contribution is -0.137. The van der Waals surface area contributed by atoms with Gasteiger partial charge in [-0.15, -0.1) is 0 Å². The lowest BCUT2D eigenvalue weighted by atomic mass is 10.0. The molecule has 1 saturated heterocycles. The van der Waals surface area contributed by atoms with Crippen molar-refractivity contribution < 1.29 is 23.1 Å². The molecule has 0 aliphatic carbocycles. The van der Waals surface area contributed by atoms with Gasteiger partial charge in [-0.2, -0.15) is 8.78 Å².